The lowest BCUT2D eigenvalue weighted by Crippen LogP contribution is -2.46. The van der Waals surface area contributed by atoms with Crippen LogP contribution in [0.3, 0.4) is 0 Å². The molecule has 0 radical (unpaired) electrons. The molecule has 116 valence electrons. The van der Waals surface area contributed by atoms with Gasteiger partial charge >= 0.3 is 0 Å². The molecular weight excluding hydrogens is 287 g/mol. The topological polar surface area (TPSA) is 46.1 Å². The maximum atomic E-state index is 12.3. The van der Waals surface area contributed by atoms with Gasteiger partial charge in [0.2, 0.25) is 0 Å². The molecule has 6 heteroatoms. The number of unbranched alkanes of at least 4 members (excludes halogenated alkanes) is 2. The number of alkyl halides is 2. The number of quaternary nitrogens is 2. The molecular formula is C13H28Cl2N2O2. The first-order valence-electron chi connectivity index (χ1n) is 7.21. The molecule has 4 nitrogen and oxygen atoms in total. The highest BCUT2D eigenvalue weighted by Crippen LogP contribution is 2.12. The molecule has 0 amide bonds. The molecule has 0 N–H and O–H groups in total. The van der Waals surface area contributed by atoms with Gasteiger partial charge in [-0.2, -0.15) is 0 Å². The fourth-order valence-corrected chi connectivity index (χ4v) is 2.78. The van der Waals surface area contributed by atoms with Crippen LogP contribution in [-0.2, 0) is 0 Å². The van der Waals surface area contributed by atoms with Gasteiger partial charge in [0.05, 0.1) is 51.0 Å². The van der Waals surface area contributed by atoms with Crippen molar-refractivity contribution in [2.45, 2.75) is 33.1 Å². The number of hydrogen-bond acceptors (Lipinski definition) is 2. The number of halogens is 2. The molecule has 0 fully saturated rings. The van der Waals surface area contributed by atoms with Crippen molar-refractivity contribution in [3.05, 3.63) is 10.4 Å². The Labute approximate surface area is 127 Å². The molecule has 19 heavy (non-hydrogen) atoms. The normalized spacial score (nSPS) is 12.9. The quantitative estimate of drug-likeness (QED) is 0.240. The second-order valence-electron chi connectivity index (χ2n) is 5.08. The van der Waals surface area contributed by atoms with E-state index in [0.29, 0.717) is 51.0 Å². The van der Waals surface area contributed by atoms with Gasteiger partial charge < -0.3 is 19.7 Å². The molecule has 0 aromatic carbocycles. The molecule has 0 atom stereocenters. The summed E-state index contributed by atoms with van der Waals surface area (Å²) >= 11 is 11.3. The van der Waals surface area contributed by atoms with E-state index in [0.717, 1.165) is 19.3 Å². The Bertz CT molecular complexity index is 221. The Morgan fingerprint density at radius 2 is 1.11 bits per heavy atom. The van der Waals surface area contributed by atoms with Crippen molar-refractivity contribution in [1.82, 2.24) is 0 Å². The van der Waals surface area contributed by atoms with Crippen molar-refractivity contribution in [3.63, 3.8) is 0 Å². The number of rotatable bonds is 12. The van der Waals surface area contributed by atoms with Crippen molar-refractivity contribution in [2.24, 2.45) is 0 Å². The minimum Gasteiger partial charge on any atom is -0.633 e. The minimum atomic E-state index is -0.300. The summed E-state index contributed by atoms with van der Waals surface area (Å²) in [5, 5.41) is 24.3. The van der Waals surface area contributed by atoms with Gasteiger partial charge in [0, 0.05) is 0 Å². The van der Waals surface area contributed by atoms with Gasteiger partial charge in [-0.3, -0.25) is 0 Å². The summed E-state index contributed by atoms with van der Waals surface area (Å²) in [6.07, 6.45) is 2.65. The fraction of sp³-hybridized carbons (Fsp3) is 1.00. The summed E-state index contributed by atoms with van der Waals surface area (Å²) in [5.41, 5.74) is 0. The Morgan fingerprint density at radius 3 is 1.47 bits per heavy atom. The Kier molecular flexibility index (Phi) is 10.4. The highest BCUT2D eigenvalue weighted by Gasteiger charge is 2.15. The van der Waals surface area contributed by atoms with Gasteiger partial charge in [0.1, 0.15) is 0 Å². The summed E-state index contributed by atoms with van der Waals surface area (Å²) in [6.45, 7) is 7.13. The third-order valence-corrected chi connectivity index (χ3v) is 4.11. The Morgan fingerprint density at radius 1 is 0.684 bits per heavy atom. The van der Waals surface area contributed by atoms with Gasteiger partial charge in [0.25, 0.3) is 0 Å². The maximum absolute atomic E-state index is 12.3. The van der Waals surface area contributed by atoms with E-state index in [4.69, 9.17) is 23.2 Å². The molecule has 0 bridgehead atoms. The Hall–Kier alpha value is 0.420. The molecule has 0 spiro atoms. The second-order valence-corrected chi connectivity index (χ2v) is 5.84. The summed E-state index contributed by atoms with van der Waals surface area (Å²) in [7, 11) is 0. The second kappa shape index (κ2) is 10.2. The van der Waals surface area contributed by atoms with E-state index < -0.39 is 0 Å². The zero-order valence-corrected chi connectivity index (χ0v) is 13.8. The largest absolute Gasteiger partial charge is 0.633 e. The number of hydroxylamine groups is 6. The van der Waals surface area contributed by atoms with Gasteiger partial charge in [-0.15, -0.1) is 23.2 Å². The van der Waals surface area contributed by atoms with Crippen LogP contribution in [0.1, 0.15) is 33.1 Å². The highest BCUT2D eigenvalue weighted by molar-refractivity contribution is 6.18. The first kappa shape index (κ1) is 19.4. The standard InChI is InChI=1S/C13H28Cl2N2O2/c1-3-16(18,4-2)10-6-5-7-11-17(19,12-8-14)13-9-15/h3-13H2,1-2H3. The smallest absolute Gasteiger partial charge is 0.0921 e. The van der Waals surface area contributed by atoms with Crippen LogP contribution in [-0.4, -0.2) is 60.3 Å². The molecule has 0 aromatic heterocycles. The predicted molar refractivity (Wildman–Crippen MR) is 83.1 cm³/mol. The molecule has 0 unspecified atom stereocenters. The van der Waals surface area contributed by atoms with E-state index in [2.05, 4.69) is 0 Å². The van der Waals surface area contributed by atoms with Crippen LogP contribution in [0, 0.1) is 10.4 Å². The summed E-state index contributed by atoms with van der Waals surface area (Å²) in [4.78, 5) is 0. The molecule has 0 aliphatic carbocycles. The molecule has 0 saturated heterocycles. The molecule has 0 aromatic rings. The molecule has 0 saturated carbocycles. The fourth-order valence-electron chi connectivity index (χ4n) is 2.16. The molecule has 0 heterocycles. The zero-order chi connectivity index (χ0) is 14.8. The van der Waals surface area contributed by atoms with E-state index in [1.807, 2.05) is 13.8 Å². The monoisotopic (exact) mass is 314 g/mol. The highest BCUT2D eigenvalue weighted by atomic mass is 35.5. The van der Waals surface area contributed by atoms with E-state index in [1.165, 1.54) is 0 Å². The van der Waals surface area contributed by atoms with Crippen molar-refractivity contribution in [3.8, 4) is 0 Å². The third kappa shape index (κ3) is 8.33. The van der Waals surface area contributed by atoms with Gasteiger partial charge in [0.15, 0.2) is 0 Å². The SMILES string of the molecule is CC[N+]([O-])(CC)CCCCC[N+]([O-])(CCCl)CCCl. The van der Waals surface area contributed by atoms with Crippen LogP contribution in [0.25, 0.3) is 0 Å². The maximum Gasteiger partial charge on any atom is 0.0921 e. The summed E-state index contributed by atoms with van der Waals surface area (Å²) < 4.78 is -0.424. The van der Waals surface area contributed by atoms with Crippen molar-refractivity contribution in [1.29, 1.82) is 0 Å². The number of nitrogens with zero attached hydrogens (tertiary/aromatic N) is 2. The first-order chi connectivity index (χ1) is 8.95. The first-order valence-corrected chi connectivity index (χ1v) is 8.28. The lowest BCUT2D eigenvalue weighted by molar-refractivity contribution is -0.878. The van der Waals surface area contributed by atoms with Crippen LogP contribution < -0.4 is 0 Å². The van der Waals surface area contributed by atoms with E-state index >= 15 is 0 Å². The van der Waals surface area contributed by atoms with Crippen LogP contribution >= 0.6 is 23.2 Å². The molecule has 0 aliphatic rings. The minimum absolute atomic E-state index is 0.124. The predicted octanol–water partition coefficient (Wildman–Crippen LogP) is 3.30. The van der Waals surface area contributed by atoms with Crippen LogP contribution in [0.5, 0.6) is 0 Å². The van der Waals surface area contributed by atoms with Crippen molar-refractivity contribution < 1.29 is 9.29 Å². The van der Waals surface area contributed by atoms with Gasteiger partial charge in [-0.25, -0.2) is 0 Å². The lowest BCUT2D eigenvalue weighted by Gasteiger charge is -2.42. The van der Waals surface area contributed by atoms with E-state index in [1.54, 1.807) is 0 Å². The lowest BCUT2D eigenvalue weighted by atomic mass is 10.2. The summed E-state index contributed by atoms with van der Waals surface area (Å²) in [6, 6.07) is 0. The summed E-state index contributed by atoms with van der Waals surface area (Å²) in [5.74, 6) is 0.735. The van der Waals surface area contributed by atoms with Crippen LogP contribution in [0.15, 0.2) is 0 Å². The number of hydrogen-bond donors (Lipinski definition) is 0. The third-order valence-electron chi connectivity index (χ3n) is 3.77. The molecule has 0 aliphatic heterocycles. The zero-order valence-electron chi connectivity index (χ0n) is 12.2. The average Bonchev–Trinajstić information content (AvgIpc) is 2.38. The van der Waals surface area contributed by atoms with Gasteiger partial charge in [-0.05, 0) is 33.1 Å². The van der Waals surface area contributed by atoms with Gasteiger partial charge in [-0.1, -0.05) is 0 Å². The van der Waals surface area contributed by atoms with Crippen LogP contribution in [0.4, 0.5) is 0 Å². The van der Waals surface area contributed by atoms with E-state index in [-0.39, 0.29) is 9.29 Å². The van der Waals surface area contributed by atoms with Crippen LogP contribution in [0.2, 0.25) is 0 Å². The van der Waals surface area contributed by atoms with Crippen molar-refractivity contribution >= 4 is 23.2 Å². The van der Waals surface area contributed by atoms with Crippen molar-refractivity contribution in [2.75, 3.05) is 51.0 Å². The Balaban J connectivity index is 3.88. The average molecular weight is 315 g/mol. The molecule has 0 rings (SSSR count). The van der Waals surface area contributed by atoms with E-state index in [9.17, 15) is 10.4 Å².